The van der Waals surface area contributed by atoms with Crippen LogP contribution in [0.3, 0.4) is 0 Å². The number of rotatable bonds is 3. The van der Waals surface area contributed by atoms with Gasteiger partial charge in [0.15, 0.2) is 0 Å². The first-order chi connectivity index (χ1) is 11.2. The molecule has 4 nitrogen and oxygen atoms in total. The van der Waals surface area contributed by atoms with E-state index in [1.807, 2.05) is 12.1 Å². The van der Waals surface area contributed by atoms with Crippen LogP contribution in [0.15, 0.2) is 42.7 Å². The van der Waals surface area contributed by atoms with Gasteiger partial charge in [-0.05, 0) is 35.9 Å². The number of H-pyrrole nitrogens is 1. The maximum atomic E-state index is 10.5. The average Bonchev–Trinajstić information content (AvgIpc) is 2.95. The molecule has 4 rings (SSSR count). The summed E-state index contributed by atoms with van der Waals surface area (Å²) in [5, 5.41) is 11.8. The van der Waals surface area contributed by atoms with Crippen LogP contribution in [0.1, 0.15) is 28.5 Å². The first-order valence-corrected chi connectivity index (χ1v) is 8.10. The maximum absolute atomic E-state index is 10.5. The fraction of sp³-hybridized carbons (Fsp3) is 0.316. The standard InChI is InChI=1S/C19H21N3O/c1-22-10-7-17-16(12-22)15-4-2-3-14(19(15)21-17)11-18(23)13-5-8-20-9-6-13/h2-6,8-9,18,21,23H,7,10-12H2,1H3. The van der Waals surface area contributed by atoms with E-state index in [1.165, 1.54) is 27.7 Å². The summed E-state index contributed by atoms with van der Waals surface area (Å²) in [6.07, 6.45) is 4.61. The van der Waals surface area contributed by atoms with Gasteiger partial charge < -0.3 is 15.0 Å². The van der Waals surface area contributed by atoms with E-state index in [0.29, 0.717) is 6.42 Å². The monoisotopic (exact) mass is 307 g/mol. The van der Waals surface area contributed by atoms with Crippen molar-refractivity contribution >= 4 is 10.9 Å². The Morgan fingerprint density at radius 2 is 2.09 bits per heavy atom. The lowest BCUT2D eigenvalue weighted by Crippen LogP contribution is -2.25. The zero-order valence-electron chi connectivity index (χ0n) is 13.3. The summed E-state index contributed by atoms with van der Waals surface area (Å²) in [4.78, 5) is 9.98. The fourth-order valence-electron chi connectivity index (χ4n) is 3.52. The normalized spacial score (nSPS) is 16.4. The quantitative estimate of drug-likeness (QED) is 0.782. The van der Waals surface area contributed by atoms with Crippen molar-refractivity contribution in [3.63, 3.8) is 0 Å². The Balaban J connectivity index is 1.71. The summed E-state index contributed by atoms with van der Waals surface area (Å²) in [5.74, 6) is 0. The molecule has 4 heteroatoms. The van der Waals surface area contributed by atoms with Crippen molar-refractivity contribution in [3.8, 4) is 0 Å². The van der Waals surface area contributed by atoms with E-state index in [1.54, 1.807) is 12.4 Å². The Bertz CT molecular complexity index is 825. The van der Waals surface area contributed by atoms with E-state index in [4.69, 9.17) is 0 Å². The topological polar surface area (TPSA) is 52.2 Å². The van der Waals surface area contributed by atoms with Crippen LogP contribution in [-0.4, -0.2) is 33.6 Å². The number of pyridine rings is 1. The van der Waals surface area contributed by atoms with Gasteiger partial charge in [-0.25, -0.2) is 0 Å². The fourth-order valence-corrected chi connectivity index (χ4v) is 3.52. The molecule has 1 aliphatic heterocycles. The predicted octanol–water partition coefficient (Wildman–Crippen LogP) is 2.83. The molecule has 0 saturated heterocycles. The van der Waals surface area contributed by atoms with E-state index in [2.05, 4.69) is 40.1 Å². The molecule has 1 atom stereocenters. The van der Waals surface area contributed by atoms with E-state index in [-0.39, 0.29) is 0 Å². The largest absolute Gasteiger partial charge is 0.388 e. The molecule has 2 N–H and O–H groups in total. The number of likely N-dealkylation sites (N-methyl/N-ethyl adjacent to an activating group) is 1. The van der Waals surface area contributed by atoms with Crippen molar-refractivity contribution in [2.24, 2.45) is 0 Å². The highest BCUT2D eigenvalue weighted by atomic mass is 16.3. The van der Waals surface area contributed by atoms with Crippen molar-refractivity contribution in [1.82, 2.24) is 14.9 Å². The highest BCUT2D eigenvalue weighted by molar-refractivity contribution is 5.87. The molecule has 1 unspecified atom stereocenters. The van der Waals surface area contributed by atoms with Crippen LogP contribution in [-0.2, 0) is 19.4 Å². The molecule has 0 spiro atoms. The Hall–Kier alpha value is -2.17. The van der Waals surface area contributed by atoms with Crippen LogP contribution in [0.25, 0.3) is 10.9 Å². The second-order valence-corrected chi connectivity index (χ2v) is 6.41. The molecule has 0 amide bonds. The number of benzene rings is 1. The van der Waals surface area contributed by atoms with Crippen molar-refractivity contribution in [3.05, 3.63) is 65.1 Å². The third-order valence-corrected chi connectivity index (χ3v) is 4.79. The van der Waals surface area contributed by atoms with Crippen LogP contribution < -0.4 is 0 Å². The van der Waals surface area contributed by atoms with Crippen molar-refractivity contribution in [2.45, 2.75) is 25.5 Å². The first-order valence-electron chi connectivity index (χ1n) is 8.10. The van der Waals surface area contributed by atoms with Gasteiger partial charge in [-0.1, -0.05) is 18.2 Å². The molecule has 2 aromatic heterocycles. The Morgan fingerprint density at radius 3 is 2.91 bits per heavy atom. The molecule has 0 aliphatic carbocycles. The first kappa shape index (κ1) is 14.4. The molecule has 23 heavy (non-hydrogen) atoms. The Kier molecular flexibility index (Phi) is 3.63. The molecule has 0 saturated carbocycles. The number of hydrogen-bond donors (Lipinski definition) is 2. The third-order valence-electron chi connectivity index (χ3n) is 4.79. The zero-order chi connectivity index (χ0) is 15.8. The van der Waals surface area contributed by atoms with Crippen LogP contribution in [0.4, 0.5) is 0 Å². The van der Waals surface area contributed by atoms with Gasteiger partial charge in [-0.3, -0.25) is 4.98 Å². The number of aliphatic hydroxyl groups is 1. The predicted molar refractivity (Wildman–Crippen MR) is 91.2 cm³/mol. The van der Waals surface area contributed by atoms with Crippen molar-refractivity contribution in [2.75, 3.05) is 13.6 Å². The lowest BCUT2D eigenvalue weighted by Gasteiger charge is -2.22. The van der Waals surface area contributed by atoms with Crippen molar-refractivity contribution in [1.29, 1.82) is 0 Å². The summed E-state index contributed by atoms with van der Waals surface area (Å²) in [7, 11) is 2.17. The summed E-state index contributed by atoms with van der Waals surface area (Å²) in [6, 6.07) is 10.1. The van der Waals surface area contributed by atoms with Crippen LogP contribution in [0, 0.1) is 0 Å². The average molecular weight is 307 g/mol. The van der Waals surface area contributed by atoms with E-state index in [0.717, 1.165) is 25.1 Å². The van der Waals surface area contributed by atoms with E-state index < -0.39 is 6.10 Å². The number of para-hydroxylation sites is 1. The number of nitrogens with zero attached hydrogens (tertiary/aromatic N) is 2. The lowest BCUT2D eigenvalue weighted by molar-refractivity contribution is 0.178. The number of aromatic nitrogens is 2. The summed E-state index contributed by atoms with van der Waals surface area (Å²) >= 11 is 0. The van der Waals surface area contributed by atoms with Crippen molar-refractivity contribution < 1.29 is 5.11 Å². The summed E-state index contributed by atoms with van der Waals surface area (Å²) < 4.78 is 0. The van der Waals surface area contributed by atoms with Crippen LogP contribution >= 0.6 is 0 Å². The second kappa shape index (κ2) is 5.80. The van der Waals surface area contributed by atoms with E-state index in [9.17, 15) is 5.11 Å². The second-order valence-electron chi connectivity index (χ2n) is 6.41. The van der Waals surface area contributed by atoms with Gasteiger partial charge in [0.2, 0.25) is 0 Å². The molecule has 0 bridgehead atoms. The molecule has 0 fully saturated rings. The highest BCUT2D eigenvalue weighted by Gasteiger charge is 2.20. The molecule has 3 heterocycles. The minimum Gasteiger partial charge on any atom is -0.388 e. The van der Waals surface area contributed by atoms with Gasteiger partial charge in [0.25, 0.3) is 0 Å². The molecule has 3 aromatic rings. The van der Waals surface area contributed by atoms with Gasteiger partial charge in [0.05, 0.1) is 6.10 Å². The number of aliphatic hydroxyl groups excluding tert-OH is 1. The molecule has 118 valence electrons. The SMILES string of the molecule is CN1CCc2[nH]c3c(CC(O)c4ccncc4)cccc3c2C1. The minimum atomic E-state index is -0.508. The number of fused-ring (bicyclic) bond motifs is 3. The number of aromatic amines is 1. The van der Waals surface area contributed by atoms with Crippen LogP contribution in [0.5, 0.6) is 0 Å². The molecular weight excluding hydrogens is 286 g/mol. The van der Waals surface area contributed by atoms with Gasteiger partial charge in [-0.2, -0.15) is 0 Å². The molecule has 0 radical (unpaired) electrons. The Labute approximate surface area is 135 Å². The van der Waals surface area contributed by atoms with E-state index >= 15 is 0 Å². The van der Waals surface area contributed by atoms with Gasteiger partial charge >= 0.3 is 0 Å². The number of hydrogen-bond acceptors (Lipinski definition) is 3. The summed E-state index contributed by atoms with van der Waals surface area (Å²) in [6.45, 7) is 2.08. The van der Waals surface area contributed by atoms with Gasteiger partial charge in [0, 0.05) is 54.9 Å². The third kappa shape index (κ3) is 2.64. The lowest BCUT2D eigenvalue weighted by atomic mass is 9.99. The zero-order valence-corrected chi connectivity index (χ0v) is 13.3. The highest BCUT2D eigenvalue weighted by Crippen LogP contribution is 2.31. The maximum Gasteiger partial charge on any atom is 0.0832 e. The molecule has 1 aromatic carbocycles. The van der Waals surface area contributed by atoms with Gasteiger partial charge in [0.1, 0.15) is 0 Å². The smallest absolute Gasteiger partial charge is 0.0832 e. The minimum absolute atomic E-state index is 0.508. The summed E-state index contributed by atoms with van der Waals surface area (Å²) in [5.41, 5.74) is 6.02. The Morgan fingerprint density at radius 1 is 1.26 bits per heavy atom. The molecular formula is C19H21N3O. The molecule has 1 aliphatic rings. The number of nitrogens with one attached hydrogen (secondary N) is 1. The van der Waals surface area contributed by atoms with Gasteiger partial charge in [-0.15, -0.1) is 0 Å². The van der Waals surface area contributed by atoms with Crippen LogP contribution in [0.2, 0.25) is 0 Å².